The number of amides is 1. The first kappa shape index (κ1) is 15.2. The summed E-state index contributed by atoms with van der Waals surface area (Å²) in [4.78, 5) is 21.0. The third kappa shape index (κ3) is 3.91. The van der Waals surface area contributed by atoms with Gasteiger partial charge in [0.25, 0.3) is 0 Å². The number of thiazole rings is 1. The molecule has 4 nitrogen and oxygen atoms in total. The van der Waals surface area contributed by atoms with Gasteiger partial charge >= 0.3 is 0 Å². The van der Waals surface area contributed by atoms with E-state index >= 15 is 0 Å². The van der Waals surface area contributed by atoms with Crippen molar-refractivity contribution >= 4 is 17.2 Å². The van der Waals surface area contributed by atoms with Crippen molar-refractivity contribution in [3.05, 3.63) is 35.5 Å². The highest BCUT2D eigenvalue weighted by atomic mass is 32.1. The van der Waals surface area contributed by atoms with Gasteiger partial charge in [0, 0.05) is 17.6 Å². The minimum absolute atomic E-state index is 0.0805. The quantitative estimate of drug-likeness (QED) is 0.940. The summed E-state index contributed by atoms with van der Waals surface area (Å²) < 4.78 is 0. The van der Waals surface area contributed by atoms with Gasteiger partial charge < -0.3 is 5.32 Å². The summed E-state index contributed by atoms with van der Waals surface area (Å²) in [6, 6.07) is 6.11. The highest BCUT2D eigenvalue weighted by Gasteiger charge is 2.20. The summed E-state index contributed by atoms with van der Waals surface area (Å²) in [5.41, 5.74) is 1.69. The van der Waals surface area contributed by atoms with Gasteiger partial charge in [-0.2, -0.15) is 0 Å². The molecule has 1 aliphatic rings. The average molecular weight is 315 g/mol. The van der Waals surface area contributed by atoms with Crippen LogP contribution in [0.5, 0.6) is 0 Å². The number of aromatic nitrogens is 2. The Morgan fingerprint density at radius 2 is 2.32 bits per heavy atom. The SMILES string of the molecule is C[C@H]1CCC[C@H](NC(=O)Cc2csc(-c3ccccn3)n2)C1. The maximum absolute atomic E-state index is 12.2. The molecule has 22 heavy (non-hydrogen) atoms. The number of nitrogens with zero attached hydrogens (tertiary/aromatic N) is 2. The van der Waals surface area contributed by atoms with E-state index in [1.54, 1.807) is 6.20 Å². The van der Waals surface area contributed by atoms with Gasteiger partial charge in [-0.1, -0.05) is 25.8 Å². The molecule has 0 aromatic carbocycles. The molecule has 1 N–H and O–H groups in total. The standard InChI is InChI=1S/C17H21N3OS/c1-12-5-4-6-13(9-12)19-16(21)10-14-11-22-17(20-14)15-7-2-3-8-18-15/h2-3,7-8,11-13H,4-6,9-10H2,1H3,(H,19,21)/t12-,13-/m0/s1. The van der Waals surface area contributed by atoms with Gasteiger partial charge in [-0.05, 0) is 30.9 Å². The fourth-order valence-corrected chi connectivity index (χ4v) is 3.80. The van der Waals surface area contributed by atoms with Crippen LogP contribution in [0.1, 0.15) is 38.3 Å². The summed E-state index contributed by atoms with van der Waals surface area (Å²) in [5.74, 6) is 0.797. The Hall–Kier alpha value is -1.75. The third-order valence-corrected chi connectivity index (χ3v) is 4.99. The molecule has 0 unspecified atom stereocenters. The molecule has 0 saturated heterocycles. The molecular formula is C17H21N3OS. The fourth-order valence-electron chi connectivity index (χ4n) is 3.00. The molecule has 3 rings (SSSR count). The highest BCUT2D eigenvalue weighted by Crippen LogP contribution is 2.24. The number of rotatable bonds is 4. The molecule has 2 aromatic rings. The van der Waals surface area contributed by atoms with Crippen LogP contribution in [-0.4, -0.2) is 21.9 Å². The van der Waals surface area contributed by atoms with E-state index in [1.807, 2.05) is 23.6 Å². The monoisotopic (exact) mass is 315 g/mol. The van der Waals surface area contributed by atoms with Crippen molar-refractivity contribution in [3.8, 4) is 10.7 Å². The second-order valence-corrected chi connectivity index (χ2v) is 6.93. The molecule has 1 amide bonds. The number of hydrogen-bond donors (Lipinski definition) is 1. The smallest absolute Gasteiger partial charge is 0.226 e. The fraction of sp³-hybridized carbons (Fsp3) is 0.471. The van der Waals surface area contributed by atoms with Gasteiger partial charge in [-0.25, -0.2) is 4.98 Å². The lowest BCUT2D eigenvalue weighted by Gasteiger charge is -2.27. The minimum Gasteiger partial charge on any atom is -0.353 e. The lowest BCUT2D eigenvalue weighted by Crippen LogP contribution is -2.38. The molecule has 1 aliphatic carbocycles. The van der Waals surface area contributed by atoms with Crippen LogP contribution in [0.3, 0.4) is 0 Å². The number of carbonyl (C=O) groups excluding carboxylic acids is 1. The lowest BCUT2D eigenvalue weighted by molar-refractivity contribution is -0.121. The maximum Gasteiger partial charge on any atom is 0.226 e. The second kappa shape index (κ2) is 7.01. The van der Waals surface area contributed by atoms with Gasteiger partial charge in [-0.3, -0.25) is 9.78 Å². The molecule has 0 spiro atoms. The molecule has 0 aliphatic heterocycles. The molecule has 2 atom stereocenters. The predicted molar refractivity (Wildman–Crippen MR) is 88.6 cm³/mol. The van der Waals surface area contributed by atoms with Crippen molar-refractivity contribution in [1.29, 1.82) is 0 Å². The van der Waals surface area contributed by atoms with Crippen molar-refractivity contribution in [2.45, 2.75) is 45.1 Å². The third-order valence-electron chi connectivity index (χ3n) is 4.08. The van der Waals surface area contributed by atoms with Crippen LogP contribution in [-0.2, 0) is 11.2 Å². The first-order chi connectivity index (χ1) is 10.7. The van der Waals surface area contributed by atoms with Crippen molar-refractivity contribution in [2.24, 2.45) is 5.92 Å². The highest BCUT2D eigenvalue weighted by molar-refractivity contribution is 7.13. The lowest BCUT2D eigenvalue weighted by atomic mass is 9.87. The zero-order chi connectivity index (χ0) is 15.4. The van der Waals surface area contributed by atoms with Crippen LogP contribution in [0, 0.1) is 5.92 Å². The molecule has 5 heteroatoms. The Kier molecular flexibility index (Phi) is 4.83. The maximum atomic E-state index is 12.2. The summed E-state index contributed by atoms with van der Waals surface area (Å²) in [5, 5.41) is 5.98. The van der Waals surface area contributed by atoms with E-state index in [2.05, 4.69) is 22.2 Å². The van der Waals surface area contributed by atoms with Gasteiger partial charge in [-0.15, -0.1) is 11.3 Å². The Morgan fingerprint density at radius 3 is 3.09 bits per heavy atom. The first-order valence-electron chi connectivity index (χ1n) is 7.86. The Balaban J connectivity index is 1.57. The van der Waals surface area contributed by atoms with E-state index in [-0.39, 0.29) is 5.91 Å². The van der Waals surface area contributed by atoms with Crippen LogP contribution >= 0.6 is 11.3 Å². The number of carbonyl (C=O) groups is 1. The van der Waals surface area contributed by atoms with Crippen molar-refractivity contribution in [2.75, 3.05) is 0 Å². The average Bonchev–Trinajstić information content (AvgIpc) is 2.96. The summed E-state index contributed by atoms with van der Waals surface area (Å²) >= 11 is 1.54. The molecular weight excluding hydrogens is 294 g/mol. The number of hydrogen-bond acceptors (Lipinski definition) is 4. The number of nitrogens with one attached hydrogen (secondary N) is 1. The molecule has 1 saturated carbocycles. The normalized spacial score (nSPS) is 21.5. The van der Waals surface area contributed by atoms with E-state index < -0.39 is 0 Å². The predicted octanol–water partition coefficient (Wildman–Crippen LogP) is 3.44. The van der Waals surface area contributed by atoms with Gasteiger partial charge in [0.2, 0.25) is 5.91 Å². The summed E-state index contributed by atoms with van der Waals surface area (Å²) in [6.07, 6.45) is 6.81. The van der Waals surface area contributed by atoms with Crippen LogP contribution in [0.4, 0.5) is 0 Å². The molecule has 2 heterocycles. The van der Waals surface area contributed by atoms with Crippen molar-refractivity contribution < 1.29 is 4.79 Å². The van der Waals surface area contributed by atoms with E-state index in [1.165, 1.54) is 24.2 Å². The van der Waals surface area contributed by atoms with Crippen molar-refractivity contribution in [1.82, 2.24) is 15.3 Å². The molecule has 2 aromatic heterocycles. The second-order valence-electron chi connectivity index (χ2n) is 6.07. The topological polar surface area (TPSA) is 54.9 Å². The summed E-state index contributed by atoms with van der Waals surface area (Å²) in [7, 11) is 0. The van der Waals surface area contributed by atoms with Gasteiger partial charge in [0.1, 0.15) is 5.01 Å². The van der Waals surface area contributed by atoms with Crippen LogP contribution in [0.2, 0.25) is 0 Å². The Bertz CT molecular complexity index is 626. The van der Waals surface area contributed by atoms with Crippen LogP contribution in [0.25, 0.3) is 10.7 Å². The largest absolute Gasteiger partial charge is 0.353 e. The van der Waals surface area contributed by atoms with Crippen LogP contribution in [0.15, 0.2) is 29.8 Å². The molecule has 0 bridgehead atoms. The Morgan fingerprint density at radius 1 is 1.41 bits per heavy atom. The molecule has 116 valence electrons. The minimum atomic E-state index is 0.0805. The van der Waals surface area contributed by atoms with E-state index in [9.17, 15) is 4.79 Å². The van der Waals surface area contributed by atoms with E-state index in [0.717, 1.165) is 29.2 Å². The van der Waals surface area contributed by atoms with E-state index in [4.69, 9.17) is 0 Å². The number of pyridine rings is 1. The van der Waals surface area contributed by atoms with Gasteiger partial charge in [0.15, 0.2) is 0 Å². The molecule has 0 radical (unpaired) electrons. The Labute approximate surface area is 135 Å². The first-order valence-corrected chi connectivity index (χ1v) is 8.74. The summed E-state index contributed by atoms with van der Waals surface area (Å²) in [6.45, 7) is 2.26. The van der Waals surface area contributed by atoms with E-state index in [0.29, 0.717) is 18.4 Å². The van der Waals surface area contributed by atoms with Crippen molar-refractivity contribution in [3.63, 3.8) is 0 Å². The zero-order valence-corrected chi connectivity index (χ0v) is 13.6. The van der Waals surface area contributed by atoms with Crippen LogP contribution < -0.4 is 5.32 Å². The molecule has 1 fully saturated rings. The zero-order valence-electron chi connectivity index (χ0n) is 12.8. The van der Waals surface area contributed by atoms with Gasteiger partial charge in [0.05, 0.1) is 17.8 Å².